The molecule has 550 valence electrons. The molecule has 8 aromatic carbocycles. The summed E-state index contributed by atoms with van der Waals surface area (Å²) in [6.45, 7) is -1.86. The number of fused-ring (bicyclic) bond motifs is 3. The molecule has 0 radical (unpaired) electrons. The minimum absolute atomic E-state index is 0.00676. The summed E-state index contributed by atoms with van der Waals surface area (Å²) >= 11 is 1.50. The Morgan fingerprint density at radius 1 is 0.500 bits per heavy atom. The van der Waals surface area contributed by atoms with Crippen LogP contribution in [0.2, 0.25) is 0 Å². The van der Waals surface area contributed by atoms with E-state index in [1.54, 1.807) is 65.4 Å². The number of nitrogens with zero attached hydrogens (tertiary/aromatic N) is 6. The number of benzene rings is 8. The summed E-state index contributed by atoms with van der Waals surface area (Å²) < 4.78 is 188. The van der Waals surface area contributed by atoms with E-state index in [1.807, 2.05) is 146 Å². The van der Waals surface area contributed by atoms with Crippen LogP contribution in [0.15, 0.2) is 206 Å². The lowest BCUT2D eigenvalue weighted by molar-refractivity contribution is -0.241. The Balaban J connectivity index is 1.15. The lowest BCUT2D eigenvalue weighted by atomic mass is 9.50. The van der Waals surface area contributed by atoms with Crippen molar-refractivity contribution in [2.24, 2.45) is 0 Å². The number of rotatable bonds is 28. The predicted molar refractivity (Wildman–Crippen MR) is 399 cm³/mol. The summed E-state index contributed by atoms with van der Waals surface area (Å²) in [4.78, 5) is 35.4. The number of methoxy groups -OCH3 is 2. The van der Waals surface area contributed by atoms with Gasteiger partial charge in [-0.3, -0.25) is 14.3 Å². The maximum Gasteiger partial charge on any atom is 0.471 e. The van der Waals surface area contributed by atoms with Gasteiger partial charge >= 0.3 is 46.6 Å². The van der Waals surface area contributed by atoms with Crippen LogP contribution >= 0.6 is 34.6 Å². The lowest BCUT2D eigenvalue weighted by Crippen LogP contribution is -2.54. The smallest absolute Gasteiger partial charge is 0.471 e. The molecular weight excluding hydrogens is 1490 g/mol. The zero-order valence-corrected chi connectivity index (χ0v) is 60.1. The van der Waals surface area contributed by atoms with Crippen molar-refractivity contribution >= 4 is 134 Å². The maximum absolute atomic E-state index is 13.9. The SMILES string of the molecule is COc1ccc2sc(/C(C#N)=c3\c4c(-c5ccc(OCCCCC(=O)NS(=O)(=O)C(F)(F)C(F)(F)F)cc5)n(B(c5ccccc5)c5ccccc5)/c(=C(\C#N)c5nc6cc(OC)ccc6s5)c4c(-c4ccc(OCCCCC(=O)NSC(F)(F)C(F)(F)F)cc4)n3B(c3ccccc3)c3ccccc3)nc2c1. The topological polar surface area (TPSA) is 212 Å². The quantitative estimate of drug-likeness (QED) is 0.0202. The maximum atomic E-state index is 13.9. The molecule has 0 aliphatic heterocycles. The molecule has 4 aromatic heterocycles. The molecule has 32 heteroatoms. The minimum Gasteiger partial charge on any atom is -0.497 e. The number of hydrogen-bond acceptors (Lipinski definition) is 15. The van der Waals surface area contributed by atoms with Crippen molar-refractivity contribution in [3.63, 3.8) is 0 Å². The highest BCUT2D eigenvalue weighted by Gasteiger charge is 2.68. The zero-order valence-electron chi connectivity index (χ0n) is 56.8. The van der Waals surface area contributed by atoms with Gasteiger partial charge in [0.05, 0.1) is 58.6 Å². The molecule has 0 unspecified atom stereocenters. The first-order valence-corrected chi connectivity index (χ1v) is 37.0. The number of ether oxygens (including phenoxy) is 4. The van der Waals surface area contributed by atoms with E-state index < -0.39 is 76.8 Å². The van der Waals surface area contributed by atoms with E-state index >= 15 is 0 Å². The average Bonchev–Trinajstić information content (AvgIpc) is 1.52. The van der Waals surface area contributed by atoms with Gasteiger partial charge in [-0.25, -0.2) is 14.7 Å². The van der Waals surface area contributed by atoms with Gasteiger partial charge in [-0.2, -0.15) is 62.8 Å². The van der Waals surface area contributed by atoms with Crippen LogP contribution in [0.1, 0.15) is 48.5 Å². The Morgan fingerprint density at radius 2 is 0.861 bits per heavy atom. The molecule has 0 aliphatic carbocycles. The molecule has 108 heavy (non-hydrogen) atoms. The van der Waals surface area contributed by atoms with E-state index in [1.165, 1.54) is 36.9 Å². The first-order chi connectivity index (χ1) is 51.8. The van der Waals surface area contributed by atoms with Crippen molar-refractivity contribution < 1.29 is 80.9 Å². The van der Waals surface area contributed by atoms with Crippen LogP contribution in [-0.4, -0.2) is 103 Å². The highest BCUT2D eigenvalue weighted by atomic mass is 32.2. The van der Waals surface area contributed by atoms with E-state index in [0.717, 1.165) is 26.6 Å². The van der Waals surface area contributed by atoms with E-state index in [0.29, 0.717) is 91.7 Å². The van der Waals surface area contributed by atoms with Gasteiger partial charge in [0.15, 0.2) is 0 Å². The monoisotopic (exact) mass is 1550 g/mol. The Morgan fingerprint density at radius 3 is 1.20 bits per heavy atom. The Hall–Kier alpha value is -11.1. The van der Waals surface area contributed by atoms with Gasteiger partial charge in [0.1, 0.15) is 56.3 Å². The van der Waals surface area contributed by atoms with Crippen molar-refractivity contribution in [3.8, 4) is 57.7 Å². The third-order valence-electron chi connectivity index (χ3n) is 17.4. The highest BCUT2D eigenvalue weighted by molar-refractivity contribution is 7.99. The van der Waals surface area contributed by atoms with E-state index in [4.69, 9.17) is 28.9 Å². The summed E-state index contributed by atoms with van der Waals surface area (Å²) in [5.74, 6) is -1.05. The molecule has 0 saturated carbocycles. The van der Waals surface area contributed by atoms with Crippen LogP contribution in [0.4, 0.5) is 43.9 Å². The van der Waals surface area contributed by atoms with Crippen LogP contribution in [-0.2, 0) is 19.6 Å². The van der Waals surface area contributed by atoms with Gasteiger partial charge < -0.3 is 27.9 Å². The lowest BCUT2D eigenvalue weighted by Gasteiger charge is -2.24. The minimum atomic E-state index is -6.50. The number of alkyl halides is 10. The van der Waals surface area contributed by atoms with Crippen LogP contribution < -0.4 is 60.9 Å². The first kappa shape index (κ1) is 76.6. The molecule has 2 amide bonds. The molecule has 12 aromatic rings. The second-order valence-electron chi connectivity index (χ2n) is 24.4. The van der Waals surface area contributed by atoms with Gasteiger partial charge in [-0.1, -0.05) is 143 Å². The van der Waals surface area contributed by atoms with Gasteiger partial charge in [-0.05, 0) is 110 Å². The van der Waals surface area contributed by atoms with Gasteiger partial charge in [-0.15, -0.1) is 22.7 Å². The van der Waals surface area contributed by atoms with Crippen molar-refractivity contribution in [3.05, 3.63) is 227 Å². The molecule has 4 heterocycles. The average molecular weight is 1550 g/mol. The number of unbranched alkanes of at least 4 members (excludes halogenated alkanes) is 2. The van der Waals surface area contributed by atoms with E-state index in [9.17, 15) is 72.4 Å². The van der Waals surface area contributed by atoms with Crippen molar-refractivity contribution in [2.75, 3.05) is 27.4 Å². The molecule has 0 atom stereocenters. The molecule has 2 N–H and O–H groups in total. The van der Waals surface area contributed by atoms with Crippen LogP contribution in [0, 0.1) is 22.7 Å². The fourth-order valence-corrected chi connectivity index (χ4v) is 15.6. The molecule has 0 fully saturated rings. The van der Waals surface area contributed by atoms with Gasteiger partial charge in [0.25, 0.3) is 0 Å². The number of thiazole rings is 2. The number of hydrogen-bond donors (Lipinski definition) is 2. The van der Waals surface area contributed by atoms with Crippen LogP contribution in [0.5, 0.6) is 23.0 Å². The molecule has 0 aliphatic rings. The van der Waals surface area contributed by atoms with Crippen molar-refractivity contribution in [1.29, 1.82) is 10.5 Å². The normalized spacial score (nSPS) is 12.6. The number of aromatic nitrogens is 4. The number of nitrogens with one attached hydrogen (secondary N) is 2. The third kappa shape index (κ3) is 16.0. The molecule has 16 nitrogen and oxygen atoms in total. The largest absolute Gasteiger partial charge is 0.497 e. The summed E-state index contributed by atoms with van der Waals surface area (Å²) in [6.07, 6.45) is -13.5. The summed E-state index contributed by atoms with van der Waals surface area (Å²) in [5, 5.41) is 15.6. The Kier molecular flexibility index (Phi) is 22.8. The van der Waals surface area contributed by atoms with Crippen molar-refractivity contribution in [1.82, 2.24) is 28.4 Å². The molecule has 0 spiro atoms. The number of nitriles is 2. The summed E-state index contributed by atoms with van der Waals surface area (Å²) in [7, 11) is -3.44. The van der Waals surface area contributed by atoms with Crippen LogP contribution in [0.3, 0.4) is 0 Å². The number of sulfonamides is 1. The van der Waals surface area contributed by atoms with E-state index in [-0.39, 0.29) is 62.2 Å². The molecule has 0 saturated heterocycles. The highest BCUT2D eigenvalue weighted by Crippen LogP contribution is 2.44. The standard InChI is InChI=1S/C76H58B2F10N8O8S4/c1-101-55-37-39-61-59(43-55)91-71(105-61)57(45-89)69-65-66(68(96(69)78(51-23-11-5-12-24-51)52-25-13-6-14-26-52)48-31-35-54(36-32-48)104-42-18-16-28-64(98)94-108(99,100)76(87,88)74(82,83)84)70(58(46-90)72-92-60-44-56(102-2)38-40-62(60)106-72)95(77(49-19-7-3-8-20-49)50-21-9-4-10-22-50)67(65)47-29-33-53(34-30-47)103-41-17-15-27-63(97)93-107-75(85,86)73(79,80)81/h3-14,19-26,29-40,43-44H,15-18,27-28,41-42H2,1-2H3,(H,93,97)(H,94,98)/b69-57+,70-58+. The third-order valence-corrected chi connectivity index (χ3v) is 21.7. The summed E-state index contributed by atoms with van der Waals surface area (Å²) in [5.41, 5.74) is 6.11. The van der Waals surface area contributed by atoms with Crippen LogP contribution in [0.25, 0.3) is 64.9 Å². The number of carbonyl (C=O) groups excluding carboxylic acids is 2. The van der Waals surface area contributed by atoms with Gasteiger partial charge in [0, 0.05) is 59.1 Å². The van der Waals surface area contributed by atoms with Crippen molar-refractivity contribution in [2.45, 2.75) is 61.4 Å². The second-order valence-corrected chi connectivity index (χ2v) is 29.1. The predicted octanol–water partition coefficient (Wildman–Crippen LogP) is 13.4. The molecule has 0 bridgehead atoms. The Bertz CT molecular complexity index is 5450. The number of amides is 2. The Labute approximate surface area is 623 Å². The molecule has 12 rings (SSSR count). The van der Waals surface area contributed by atoms with Gasteiger partial charge in [0.2, 0.25) is 11.8 Å². The molecular formula is C76H58B2F10N8O8S4. The number of halogens is 10. The van der Waals surface area contributed by atoms with E-state index in [2.05, 4.69) is 21.1 Å². The fraction of sp³-hybridized carbons (Fsp3) is 0.184. The fourth-order valence-electron chi connectivity index (χ4n) is 12.4. The number of carbonyl (C=O) groups is 2. The zero-order chi connectivity index (χ0) is 76.7. The second kappa shape index (κ2) is 32.2. The summed E-state index contributed by atoms with van der Waals surface area (Å²) in [6, 6.07) is 68.3. The first-order valence-electron chi connectivity index (χ1n) is 33.1.